The van der Waals surface area contributed by atoms with Gasteiger partial charge in [0.1, 0.15) is 0 Å². The van der Waals surface area contributed by atoms with E-state index in [4.69, 9.17) is 0 Å². The van der Waals surface area contributed by atoms with Crippen LogP contribution in [0.4, 0.5) is 65.9 Å². The van der Waals surface area contributed by atoms with Crippen LogP contribution in [-0.2, 0) is 9.47 Å². The zero-order chi connectivity index (χ0) is 21.6. The minimum absolute atomic E-state index is 0.424. The van der Waals surface area contributed by atoms with Crippen LogP contribution in [0.1, 0.15) is 6.92 Å². The van der Waals surface area contributed by atoms with Crippen LogP contribution in [0.15, 0.2) is 0 Å². The fourth-order valence-electron chi connectivity index (χ4n) is 1.29. The van der Waals surface area contributed by atoms with Crippen molar-refractivity contribution < 1.29 is 75.3 Å². The van der Waals surface area contributed by atoms with Gasteiger partial charge in [0.2, 0.25) is 0 Å². The highest BCUT2D eigenvalue weighted by molar-refractivity contribution is 5.03. The number of hydrogen-bond donors (Lipinski definition) is 0. The van der Waals surface area contributed by atoms with Crippen LogP contribution < -0.4 is 0 Å². The molecule has 0 spiro atoms. The molecule has 0 N–H and O–H groups in total. The Hall–Kier alpha value is -1.13. The lowest BCUT2D eigenvalue weighted by atomic mass is 10.0. The number of hydrogen-bond acceptors (Lipinski definition) is 2. The van der Waals surface area contributed by atoms with Crippen LogP contribution in [0, 0.1) is 0 Å². The molecule has 0 aliphatic carbocycles. The van der Waals surface area contributed by atoms with Crippen LogP contribution in [0.2, 0.25) is 0 Å². The topological polar surface area (TPSA) is 18.5 Å². The monoisotopic (exact) mass is 430 g/mol. The van der Waals surface area contributed by atoms with Gasteiger partial charge in [-0.25, -0.2) is 4.39 Å². The summed E-state index contributed by atoms with van der Waals surface area (Å²) in [6.07, 6.45) is -37.3. The Morgan fingerprint density at radius 2 is 0.885 bits per heavy atom. The lowest BCUT2D eigenvalue weighted by molar-refractivity contribution is -0.538. The van der Waals surface area contributed by atoms with Crippen molar-refractivity contribution in [2.75, 3.05) is 6.61 Å². The lowest BCUT2D eigenvalue weighted by Crippen LogP contribution is -2.70. The number of halogens is 15. The highest BCUT2D eigenvalue weighted by Crippen LogP contribution is 2.59. The standard InChI is InChI=1S/C9H5F15O2/c1-2-25-9(23,24)4(11,7(18,19)20)26-8(21,22)3(10,5(12,13)14)6(15,16)17/h2H2,1H3. The minimum Gasteiger partial charge on any atom is -0.316 e. The third kappa shape index (κ3) is 3.77. The Kier molecular flexibility index (Phi) is 6.21. The van der Waals surface area contributed by atoms with E-state index >= 15 is 0 Å². The fraction of sp³-hybridized carbons (Fsp3) is 1.00. The molecule has 0 saturated heterocycles. The molecule has 0 aromatic rings. The van der Waals surface area contributed by atoms with Gasteiger partial charge >= 0.3 is 42.3 Å². The molecule has 0 aliphatic rings. The zero-order valence-corrected chi connectivity index (χ0v) is 11.7. The van der Waals surface area contributed by atoms with Gasteiger partial charge in [-0.1, -0.05) is 0 Å². The van der Waals surface area contributed by atoms with E-state index in [0.717, 1.165) is 0 Å². The molecule has 0 fully saturated rings. The Labute approximate surface area is 132 Å². The lowest BCUT2D eigenvalue weighted by Gasteiger charge is -2.40. The highest BCUT2D eigenvalue weighted by Gasteiger charge is 2.89. The summed E-state index contributed by atoms with van der Waals surface area (Å²) < 4.78 is 193. The summed E-state index contributed by atoms with van der Waals surface area (Å²) in [5, 5.41) is 0. The van der Waals surface area contributed by atoms with Crippen molar-refractivity contribution in [3.8, 4) is 0 Å². The SMILES string of the molecule is CCOC(F)(F)C(F)(OC(F)(F)C(F)(C(F)(F)F)C(F)(F)F)C(F)(F)F. The normalized spacial score (nSPS) is 18.0. The molecular weight excluding hydrogens is 425 g/mol. The molecule has 0 bridgehead atoms. The predicted molar refractivity (Wildman–Crippen MR) is 48.4 cm³/mol. The second kappa shape index (κ2) is 6.49. The number of alkyl halides is 15. The molecule has 0 amide bonds. The summed E-state index contributed by atoms with van der Waals surface area (Å²) in [7, 11) is 0. The van der Waals surface area contributed by atoms with Crippen LogP contribution >= 0.6 is 0 Å². The second-order valence-electron chi connectivity index (χ2n) is 4.32. The van der Waals surface area contributed by atoms with Crippen LogP contribution in [-0.4, -0.2) is 48.9 Å². The molecule has 17 heteroatoms. The molecule has 0 aromatic heterocycles. The zero-order valence-electron chi connectivity index (χ0n) is 11.7. The summed E-state index contributed by atoms with van der Waals surface area (Å²) in [6.45, 7) is -1.17. The quantitative estimate of drug-likeness (QED) is 0.534. The molecule has 2 nitrogen and oxygen atoms in total. The molecule has 0 aromatic carbocycles. The molecular formula is C9H5F15O2. The predicted octanol–water partition coefficient (Wildman–Crippen LogP) is 5.29. The third-order valence-corrected chi connectivity index (χ3v) is 2.52. The van der Waals surface area contributed by atoms with Crippen LogP contribution in [0.25, 0.3) is 0 Å². The Bertz CT molecular complexity index is 475. The molecule has 1 atom stereocenters. The average molecular weight is 430 g/mol. The van der Waals surface area contributed by atoms with Crippen molar-refractivity contribution in [2.24, 2.45) is 0 Å². The summed E-state index contributed by atoms with van der Waals surface area (Å²) in [5.74, 6) is -7.28. The van der Waals surface area contributed by atoms with Crippen molar-refractivity contribution in [1.82, 2.24) is 0 Å². The summed E-state index contributed by atoms with van der Waals surface area (Å²) in [4.78, 5) is 0. The maximum absolute atomic E-state index is 13.5. The molecule has 158 valence electrons. The van der Waals surface area contributed by atoms with Crippen molar-refractivity contribution in [3.63, 3.8) is 0 Å². The highest BCUT2D eigenvalue weighted by atomic mass is 19.4. The first-order chi connectivity index (χ1) is 11.0. The van der Waals surface area contributed by atoms with Gasteiger partial charge < -0.3 is 4.74 Å². The van der Waals surface area contributed by atoms with Gasteiger partial charge in [0, 0.05) is 0 Å². The Morgan fingerprint density at radius 3 is 1.12 bits per heavy atom. The van der Waals surface area contributed by atoms with Crippen molar-refractivity contribution >= 4 is 0 Å². The average Bonchev–Trinajstić information content (AvgIpc) is 2.32. The first-order valence-electron chi connectivity index (χ1n) is 5.69. The maximum atomic E-state index is 13.5. The first kappa shape index (κ1) is 24.9. The first-order valence-corrected chi connectivity index (χ1v) is 5.69. The van der Waals surface area contributed by atoms with Gasteiger partial charge in [0.05, 0.1) is 6.61 Å². The van der Waals surface area contributed by atoms with E-state index in [-0.39, 0.29) is 0 Å². The summed E-state index contributed by atoms with van der Waals surface area (Å²) in [6, 6.07) is 0. The van der Waals surface area contributed by atoms with E-state index in [1.54, 1.807) is 0 Å². The van der Waals surface area contributed by atoms with E-state index in [0.29, 0.717) is 6.92 Å². The molecule has 0 saturated carbocycles. The third-order valence-electron chi connectivity index (χ3n) is 2.52. The van der Waals surface area contributed by atoms with E-state index in [2.05, 4.69) is 4.74 Å². The fourth-order valence-corrected chi connectivity index (χ4v) is 1.29. The number of ether oxygens (including phenoxy) is 2. The van der Waals surface area contributed by atoms with E-state index in [9.17, 15) is 65.9 Å². The van der Waals surface area contributed by atoms with E-state index < -0.39 is 48.9 Å². The molecule has 26 heavy (non-hydrogen) atoms. The van der Waals surface area contributed by atoms with Gasteiger partial charge in [0.15, 0.2) is 0 Å². The summed E-state index contributed by atoms with van der Waals surface area (Å²) in [5.41, 5.74) is -7.97. The minimum atomic E-state index is -7.97. The number of rotatable bonds is 6. The molecule has 0 heterocycles. The van der Waals surface area contributed by atoms with E-state index in [1.807, 2.05) is 0 Å². The van der Waals surface area contributed by atoms with Crippen LogP contribution in [0.3, 0.4) is 0 Å². The smallest absolute Gasteiger partial charge is 0.316 e. The largest absolute Gasteiger partial charge is 0.458 e. The molecule has 0 rings (SSSR count). The Morgan fingerprint density at radius 1 is 0.538 bits per heavy atom. The Balaban J connectivity index is 6.52. The molecule has 0 aliphatic heterocycles. The van der Waals surface area contributed by atoms with Gasteiger partial charge in [-0.2, -0.15) is 61.5 Å². The van der Waals surface area contributed by atoms with Gasteiger partial charge in [-0.15, -0.1) is 0 Å². The van der Waals surface area contributed by atoms with Gasteiger partial charge in [-0.3, -0.25) is 4.74 Å². The van der Waals surface area contributed by atoms with Crippen molar-refractivity contribution in [2.45, 2.75) is 49.2 Å². The van der Waals surface area contributed by atoms with Crippen molar-refractivity contribution in [3.05, 3.63) is 0 Å². The maximum Gasteiger partial charge on any atom is 0.458 e. The summed E-state index contributed by atoms with van der Waals surface area (Å²) >= 11 is 0. The second-order valence-corrected chi connectivity index (χ2v) is 4.32. The van der Waals surface area contributed by atoms with Crippen molar-refractivity contribution in [1.29, 1.82) is 0 Å². The van der Waals surface area contributed by atoms with Crippen LogP contribution in [0.5, 0.6) is 0 Å². The molecule has 1 unspecified atom stereocenters. The molecule has 0 radical (unpaired) electrons. The van der Waals surface area contributed by atoms with Gasteiger partial charge in [-0.05, 0) is 6.92 Å². The van der Waals surface area contributed by atoms with E-state index in [1.165, 1.54) is 4.74 Å². The van der Waals surface area contributed by atoms with Gasteiger partial charge in [0.25, 0.3) is 0 Å².